The molecule has 2 rings (SSSR count). The van der Waals surface area contributed by atoms with Crippen molar-refractivity contribution >= 4 is 46.6 Å². The third-order valence-electron chi connectivity index (χ3n) is 2.24. The lowest BCUT2D eigenvalue weighted by Gasteiger charge is -2.07. The number of H-pyrrole nitrogens is 1. The Morgan fingerprint density at radius 2 is 2.26 bits per heavy atom. The van der Waals surface area contributed by atoms with Crippen LogP contribution in [-0.2, 0) is 5.75 Å². The van der Waals surface area contributed by atoms with Crippen LogP contribution in [0.3, 0.4) is 0 Å². The average Bonchev–Trinajstić information content (AvgIpc) is 2.81. The lowest BCUT2D eigenvalue weighted by molar-refractivity contribution is 0.316. The normalized spacial score (nSPS) is 10.6. The second kappa shape index (κ2) is 7.91. The number of rotatable bonds is 7. The van der Waals surface area contributed by atoms with Crippen molar-refractivity contribution in [1.82, 2.24) is 10.2 Å². The van der Waals surface area contributed by atoms with E-state index in [9.17, 15) is 0 Å². The Morgan fingerprint density at radius 1 is 1.42 bits per heavy atom. The van der Waals surface area contributed by atoms with E-state index in [4.69, 9.17) is 21.4 Å². The first kappa shape index (κ1) is 14.9. The highest BCUT2D eigenvalue weighted by molar-refractivity contribution is 14.1. The van der Waals surface area contributed by atoms with Crippen molar-refractivity contribution in [2.24, 2.45) is 0 Å². The summed E-state index contributed by atoms with van der Waals surface area (Å²) in [4.78, 5) is 0.331. The largest absolute Gasteiger partial charge is 0.492 e. The maximum Gasteiger partial charge on any atom is 0.284 e. The van der Waals surface area contributed by atoms with E-state index in [0.29, 0.717) is 10.7 Å². The zero-order valence-corrected chi connectivity index (χ0v) is 13.9. The van der Waals surface area contributed by atoms with Crippen LogP contribution < -0.4 is 4.74 Å². The van der Waals surface area contributed by atoms with Crippen molar-refractivity contribution < 1.29 is 9.15 Å². The second-order valence-corrected chi connectivity index (χ2v) is 6.33. The standard InChI is InChI=1S/C12H13IN2O2S2/c13-9-4-1-2-5-10(9)16-6-3-7-19-8-11-14-15-12(18)17-11/h1-2,4-5H,3,6-8H2,(H,15,18). The highest BCUT2D eigenvalue weighted by Gasteiger charge is 2.01. The molecule has 0 spiro atoms. The van der Waals surface area contributed by atoms with Crippen molar-refractivity contribution in [1.29, 1.82) is 0 Å². The molecule has 0 atom stereocenters. The summed E-state index contributed by atoms with van der Waals surface area (Å²) in [5.41, 5.74) is 0. The molecular formula is C12H13IN2O2S2. The Labute approximate surface area is 134 Å². The molecule has 0 unspecified atom stereocenters. The summed E-state index contributed by atoms with van der Waals surface area (Å²) in [6, 6.07) is 8.02. The van der Waals surface area contributed by atoms with Crippen LogP contribution in [0.4, 0.5) is 0 Å². The predicted octanol–water partition coefficient (Wildman–Crippen LogP) is 4.04. The van der Waals surface area contributed by atoms with Gasteiger partial charge in [0, 0.05) is 0 Å². The van der Waals surface area contributed by atoms with Crippen LogP contribution >= 0.6 is 46.6 Å². The minimum Gasteiger partial charge on any atom is -0.492 e. The van der Waals surface area contributed by atoms with E-state index in [-0.39, 0.29) is 0 Å². The van der Waals surface area contributed by atoms with Gasteiger partial charge in [0.2, 0.25) is 5.89 Å². The second-order valence-electron chi connectivity index (χ2n) is 3.69. The van der Waals surface area contributed by atoms with E-state index in [2.05, 4.69) is 32.8 Å². The third-order valence-corrected chi connectivity index (χ3v) is 4.33. The number of hydrogen-bond donors (Lipinski definition) is 1. The third kappa shape index (κ3) is 5.15. The number of benzene rings is 1. The molecule has 0 amide bonds. The van der Waals surface area contributed by atoms with Crippen LogP contribution in [0.15, 0.2) is 28.7 Å². The summed E-state index contributed by atoms with van der Waals surface area (Å²) in [7, 11) is 0. The molecule has 19 heavy (non-hydrogen) atoms. The van der Waals surface area contributed by atoms with Gasteiger partial charge in [0.1, 0.15) is 5.75 Å². The van der Waals surface area contributed by atoms with E-state index in [1.54, 1.807) is 11.8 Å². The molecule has 0 aliphatic heterocycles. The average molecular weight is 408 g/mol. The minimum atomic E-state index is 0.331. The molecule has 102 valence electrons. The molecule has 0 aliphatic carbocycles. The molecule has 0 radical (unpaired) electrons. The first-order valence-corrected chi connectivity index (χ1v) is 8.39. The molecule has 0 aliphatic rings. The first-order valence-electron chi connectivity index (χ1n) is 5.75. The van der Waals surface area contributed by atoms with Gasteiger partial charge in [-0.05, 0) is 59.1 Å². The molecule has 4 nitrogen and oxygen atoms in total. The number of halogens is 1. The van der Waals surface area contributed by atoms with E-state index >= 15 is 0 Å². The van der Waals surface area contributed by atoms with Crippen molar-refractivity contribution in [3.63, 3.8) is 0 Å². The van der Waals surface area contributed by atoms with Gasteiger partial charge < -0.3 is 9.15 Å². The van der Waals surface area contributed by atoms with Crippen molar-refractivity contribution in [3.05, 3.63) is 38.6 Å². The molecule has 1 aromatic carbocycles. The highest BCUT2D eigenvalue weighted by atomic mass is 127. The fraction of sp³-hybridized carbons (Fsp3) is 0.333. The van der Waals surface area contributed by atoms with Crippen molar-refractivity contribution in [2.75, 3.05) is 12.4 Å². The molecule has 1 aromatic heterocycles. The van der Waals surface area contributed by atoms with Crippen molar-refractivity contribution in [3.8, 4) is 5.75 Å². The smallest absolute Gasteiger partial charge is 0.284 e. The van der Waals surface area contributed by atoms with Crippen LogP contribution in [0.1, 0.15) is 12.3 Å². The van der Waals surface area contributed by atoms with Crippen LogP contribution in [0.25, 0.3) is 0 Å². The van der Waals surface area contributed by atoms with Gasteiger partial charge >= 0.3 is 0 Å². The topological polar surface area (TPSA) is 51.0 Å². The Kier molecular flexibility index (Phi) is 6.18. The number of ether oxygens (including phenoxy) is 1. The molecule has 1 N–H and O–H groups in total. The first-order chi connectivity index (χ1) is 9.25. The van der Waals surface area contributed by atoms with Gasteiger partial charge in [-0.25, -0.2) is 5.10 Å². The van der Waals surface area contributed by atoms with Crippen molar-refractivity contribution in [2.45, 2.75) is 12.2 Å². The van der Waals surface area contributed by atoms with Gasteiger partial charge in [0.25, 0.3) is 4.84 Å². The monoisotopic (exact) mass is 408 g/mol. The number of aromatic nitrogens is 2. The van der Waals surface area contributed by atoms with Gasteiger partial charge in [-0.1, -0.05) is 12.1 Å². The number of nitrogens with one attached hydrogen (secondary N) is 1. The Bertz CT molecular complexity index is 571. The summed E-state index contributed by atoms with van der Waals surface area (Å²) in [6.45, 7) is 0.719. The predicted molar refractivity (Wildman–Crippen MR) is 87.1 cm³/mol. The Morgan fingerprint density at radius 3 is 3.00 bits per heavy atom. The molecular weight excluding hydrogens is 395 g/mol. The van der Waals surface area contributed by atoms with E-state index in [1.807, 2.05) is 24.3 Å². The maximum atomic E-state index is 5.71. The Balaban J connectivity index is 1.60. The number of aromatic amines is 1. The van der Waals surface area contributed by atoms with Gasteiger partial charge in [-0.3, -0.25) is 0 Å². The number of thioether (sulfide) groups is 1. The lowest BCUT2D eigenvalue weighted by atomic mass is 10.3. The zero-order valence-electron chi connectivity index (χ0n) is 10.1. The molecule has 1 heterocycles. The quantitative estimate of drug-likeness (QED) is 0.426. The molecule has 0 fully saturated rings. The van der Waals surface area contributed by atoms with Gasteiger partial charge in [-0.15, -0.1) is 5.10 Å². The molecule has 0 saturated carbocycles. The highest BCUT2D eigenvalue weighted by Crippen LogP contribution is 2.20. The maximum absolute atomic E-state index is 5.71. The Hall–Kier alpha value is -0.540. The van der Waals surface area contributed by atoms with Gasteiger partial charge in [0.15, 0.2) is 0 Å². The molecule has 0 saturated heterocycles. The summed E-state index contributed by atoms with van der Waals surface area (Å²) in [5, 5.41) is 6.55. The molecule has 2 aromatic rings. The van der Waals surface area contributed by atoms with Gasteiger partial charge in [-0.2, -0.15) is 11.8 Å². The number of hydrogen-bond acceptors (Lipinski definition) is 5. The molecule has 0 bridgehead atoms. The van der Waals surface area contributed by atoms with Gasteiger partial charge in [0.05, 0.1) is 15.9 Å². The van der Waals surface area contributed by atoms with E-state index < -0.39 is 0 Å². The summed E-state index contributed by atoms with van der Waals surface area (Å²) >= 11 is 8.83. The zero-order chi connectivity index (χ0) is 13.5. The van der Waals surface area contributed by atoms with Crippen LogP contribution in [0.2, 0.25) is 0 Å². The number of para-hydroxylation sites is 1. The van der Waals surface area contributed by atoms with E-state index in [1.165, 1.54) is 0 Å². The van der Waals surface area contributed by atoms with E-state index in [0.717, 1.165) is 33.9 Å². The summed E-state index contributed by atoms with van der Waals surface area (Å²) < 4.78 is 12.0. The minimum absolute atomic E-state index is 0.331. The summed E-state index contributed by atoms with van der Waals surface area (Å²) in [6.07, 6.45) is 0.987. The molecule has 7 heteroatoms. The SMILES string of the molecule is S=c1[nH]nc(CSCCCOc2ccccc2I)o1. The van der Waals surface area contributed by atoms with Crippen LogP contribution in [-0.4, -0.2) is 22.6 Å². The summed E-state index contributed by atoms with van der Waals surface area (Å²) in [5.74, 6) is 3.33. The lowest BCUT2D eigenvalue weighted by Crippen LogP contribution is -2.00. The fourth-order valence-corrected chi connectivity index (χ4v) is 2.84. The number of nitrogens with zero attached hydrogens (tertiary/aromatic N) is 1. The van der Waals surface area contributed by atoms with Crippen LogP contribution in [0.5, 0.6) is 5.75 Å². The fourth-order valence-electron chi connectivity index (χ4n) is 1.39. The van der Waals surface area contributed by atoms with Crippen LogP contribution in [0, 0.1) is 8.41 Å².